The van der Waals surface area contributed by atoms with Gasteiger partial charge in [0.25, 0.3) is 0 Å². The van der Waals surface area contributed by atoms with E-state index in [4.69, 9.17) is 0 Å². The summed E-state index contributed by atoms with van der Waals surface area (Å²) < 4.78 is 0. The maximum atomic E-state index is 4.51. The van der Waals surface area contributed by atoms with Crippen molar-refractivity contribution < 1.29 is 0 Å². The molecule has 0 saturated carbocycles. The van der Waals surface area contributed by atoms with Gasteiger partial charge in [-0.05, 0) is 45.0 Å². The molecule has 0 aliphatic carbocycles. The third-order valence-electron chi connectivity index (χ3n) is 7.52. The average molecular weight is 504 g/mol. The quantitative estimate of drug-likeness (QED) is 0.305. The Balaban J connectivity index is 1.60. The molecule has 7 rings (SSSR count). The Morgan fingerprint density at radius 3 is 1.58 bits per heavy atom. The molecule has 1 aliphatic rings. The molecule has 0 radical (unpaired) electrons. The van der Waals surface area contributed by atoms with Crippen molar-refractivity contribution in [3.63, 3.8) is 0 Å². The van der Waals surface area contributed by atoms with Gasteiger partial charge >= 0.3 is 0 Å². The Morgan fingerprint density at radius 1 is 0.447 bits per heavy atom. The molecule has 2 aromatic heterocycles. The molecule has 180 valence electrons. The van der Waals surface area contributed by atoms with Crippen molar-refractivity contribution in [2.45, 2.75) is 0 Å². The zero-order valence-corrected chi connectivity index (χ0v) is 21.8. The Bertz CT molecular complexity index is 1630. The molecule has 3 nitrogen and oxygen atoms in total. The minimum Gasteiger partial charge on any atom is -0.310 e. The maximum absolute atomic E-state index is 4.51. The van der Waals surface area contributed by atoms with Crippen LogP contribution in [0.5, 0.6) is 0 Å². The number of benzene rings is 4. The molecule has 4 heteroatoms. The van der Waals surface area contributed by atoms with Crippen LogP contribution in [-0.2, 0) is 0 Å². The first-order valence-corrected chi connectivity index (χ1v) is 14.8. The van der Waals surface area contributed by atoms with Gasteiger partial charge in [-0.3, -0.25) is 9.97 Å². The van der Waals surface area contributed by atoms with E-state index in [9.17, 15) is 0 Å². The Labute approximate surface area is 223 Å². The van der Waals surface area contributed by atoms with Crippen LogP contribution in [0.25, 0.3) is 11.1 Å². The van der Waals surface area contributed by atoms with Gasteiger partial charge < -0.3 is 4.90 Å². The van der Waals surface area contributed by atoms with E-state index in [1.807, 2.05) is 30.9 Å². The van der Waals surface area contributed by atoms with Crippen LogP contribution in [-0.4, -0.2) is 18.0 Å². The molecule has 38 heavy (non-hydrogen) atoms. The summed E-state index contributed by atoms with van der Waals surface area (Å²) >= 11 is 0. The highest BCUT2D eigenvalue weighted by molar-refractivity contribution is 7.21. The second kappa shape index (κ2) is 9.25. The topological polar surface area (TPSA) is 29.0 Å². The Hall–Kier alpha value is -4.80. The monoisotopic (exact) mass is 503 g/mol. The summed E-state index contributed by atoms with van der Waals surface area (Å²) in [6.45, 7) is 0. The SMILES string of the molecule is c1ccc([Si]2(c3ccccc3)c3ccccc3N(c3ccncc3-c3cccnc3)c3ccccc32)cc1. The molecule has 4 aromatic carbocycles. The summed E-state index contributed by atoms with van der Waals surface area (Å²) in [7, 11) is -2.62. The van der Waals surface area contributed by atoms with Crippen LogP contribution in [0.2, 0.25) is 0 Å². The van der Waals surface area contributed by atoms with Crippen molar-refractivity contribution in [1.82, 2.24) is 9.97 Å². The number of aromatic nitrogens is 2. The summed E-state index contributed by atoms with van der Waals surface area (Å²) in [5.41, 5.74) is 5.62. The van der Waals surface area contributed by atoms with Crippen molar-refractivity contribution in [3.8, 4) is 11.1 Å². The van der Waals surface area contributed by atoms with Crippen LogP contribution >= 0.6 is 0 Å². The highest BCUT2D eigenvalue weighted by atomic mass is 28.3. The van der Waals surface area contributed by atoms with Gasteiger partial charge in [0.15, 0.2) is 8.07 Å². The van der Waals surface area contributed by atoms with Gasteiger partial charge in [-0.25, -0.2) is 0 Å². The molecular weight excluding hydrogens is 478 g/mol. The molecule has 3 heterocycles. The van der Waals surface area contributed by atoms with Gasteiger partial charge in [0, 0.05) is 47.3 Å². The summed E-state index contributed by atoms with van der Waals surface area (Å²) in [5.74, 6) is 0. The van der Waals surface area contributed by atoms with Crippen LogP contribution in [0.1, 0.15) is 0 Å². The first-order chi connectivity index (χ1) is 18.9. The standard InChI is InChI=1S/C34H25N3Si/c1-3-13-27(14-4-1)38(28-15-5-2-6-16-28)33-19-9-7-17-31(33)37(32-18-8-10-20-34(32)38)30-21-23-36-25-29(30)26-12-11-22-35-24-26/h1-25H. The van der Waals surface area contributed by atoms with Crippen LogP contribution in [0.15, 0.2) is 152 Å². The lowest BCUT2D eigenvalue weighted by atomic mass is 10.1. The summed E-state index contributed by atoms with van der Waals surface area (Å²) in [4.78, 5) is 11.3. The fourth-order valence-electron chi connectivity index (χ4n) is 6.00. The molecule has 1 aliphatic heterocycles. The minimum atomic E-state index is -2.62. The van der Waals surface area contributed by atoms with Gasteiger partial charge in [-0.2, -0.15) is 0 Å². The average Bonchev–Trinajstić information content (AvgIpc) is 3.01. The van der Waals surface area contributed by atoms with E-state index in [0.717, 1.165) is 16.8 Å². The number of fused-ring (bicyclic) bond motifs is 2. The lowest BCUT2D eigenvalue weighted by Gasteiger charge is -2.45. The van der Waals surface area contributed by atoms with Crippen LogP contribution < -0.4 is 25.6 Å². The number of anilines is 3. The molecule has 0 spiro atoms. The van der Waals surface area contributed by atoms with E-state index >= 15 is 0 Å². The molecule has 0 bridgehead atoms. The summed E-state index contributed by atoms with van der Waals surface area (Å²) in [6, 6.07) is 46.3. The molecule has 0 atom stereocenters. The van der Waals surface area contributed by atoms with E-state index in [1.54, 1.807) is 0 Å². The van der Waals surface area contributed by atoms with E-state index in [0.29, 0.717) is 0 Å². The number of para-hydroxylation sites is 2. The molecular formula is C34H25N3Si. The summed E-state index contributed by atoms with van der Waals surface area (Å²) in [6.07, 6.45) is 7.55. The maximum Gasteiger partial charge on any atom is 0.184 e. The molecule has 0 saturated heterocycles. The van der Waals surface area contributed by atoms with E-state index in [-0.39, 0.29) is 0 Å². The smallest absolute Gasteiger partial charge is 0.184 e. The van der Waals surface area contributed by atoms with Crippen LogP contribution in [0.3, 0.4) is 0 Å². The predicted octanol–water partition coefficient (Wildman–Crippen LogP) is 5.30. The first-order valence-electron chi connectivity index (χ1n) is 12.8. The Kier molecular flexibility index (Phi) is 5.45. The fraction of sp³-hybridized carbons (Fsp3) is 0. The molecule has 0 N–H and O–H groups in total. The zero-order chi connectivity index (χ0) is 25.4. The van der Waals surface area contributed by atoms with Crippen molar-refractivity contribution in [2.75, 3.05) is 4.90 Å². The van der Waals surface area contributed by atoms with Crippen molar-refractivity contribution in [1.29, 1.82) is 0 Å². The highest BCUT2D eigenvalue weighted by Crippen LogP contribution is 2.42. The number of rotatable bonds is 4. The highest BCUT2D eigenvalue weighted by Gasteiger charge is 2.48. The van der Waals surface area contributed by atoms with E-state index in [2.05, 4.69) is 136 Å². The predicted molar refractivity (Wildman–Crippen MR) is 159 cm³/mol. The number of nitrogens with zero attached hydrogens (tertiary/aromatic N) is 3. The number of hydrogen-bond acceptors (Lipinski definition) is 3. The van der Waals surface area contributed by atoms with Crippen LogP contribution in [0.4, 0.5) is 17.1 Å². The van der Waals surface area contributed by atoms with Crippen LogP contribution in [0, 0.1) is 0 Å². The van der Waals surface area contributed by atoms with E-state index < -0.39 is 8.07 Å². The van der Waals surface area contributed by atoms with Gasteiger partial charge in [0.05, 0.1) is 5.69 Å². The largest absolute Gasteiger partial charge is 0.310 e. The third kappa shape index (κ3) is 3.35. The molecule has 0 amide bonds. The van der Waals surface area contributed by atoms with Crippen molar-refractivity contribution >= 4 is 45.9 Å². The lowest BCUT2D eigenvalue weighted by molar-refractivity contribution is 1.24. The molecule has 6 aromatic rings. The van der Waals surface area contributed by atoms with Gasteiger partial charge in [0.2, 0.25) is 0 Å². The van der Waals surface area contributed by atoms with Gasteiger partial charge in [-0.1, -0.05) is 103 Å². The fourth-order valence-corrected chi connectivity index (χ4v) is 11.1. The van der Waals surface area contributed by atoms with Gasteiger partial charge in [-0.15, -0.1) is 0 Å². The first kappa shape index (κ1) is 22.4. The Morgan fingerprint density at radius 2 is 1.00 bits per heavy atom. The molecule has 0 fully saturated rings. The second-order valence-electron chi connectivity index (χ2n) is 9.49. The van der Waals surface area contributed by atoms with Gasteiger partial charge in [0.1, 0.15) is 0 Å². The lowest BCUT2D eigenvalue weighted by Crippen LogP contribution is -2.77. The molecule has 0 unspecified atom stereocenters. The normalized spacial score (nSPS) is 13.4. The minimum absolute atomic E-state index is 1.05. The zero-order valence-electron chi connectivity index (χ0n) is 20.8. The number of pyridine rings is 2. The second-order valence-corrected chi connectivity index (χ2v) is 13.2. The van der Waals surface area contributed by atoms with Crippen molar-refractivity contribution in [2.24, 2.45) is 0 Å². The van der Waals surface area contributed by atoms with Crippen molar-refractivity contribution in [3.05, 3.63) is 152 Å². The number of hydrogen-bond donors (Lipinski definition) is 0. The van der Waals surface area contributed by atoms with E-state index in [1.165, 1.54) is 32.1 Å². The summed E-state index contributed by atoms with van der Waals surface area (Å²) in [5, 5.41) is 5.52. The third-order valence-corrected chi connectivity index (χ3v) is 12.4.